The van der Waals surface area contributed by atoms with Gasteiger partial charge in [-0.2, -0.15) is 0 Å². The van der Waals surface area contributed by atoms with Gasteiger partial charge >= 0.3 is 0 Å². The Morgan fingerprint density at radius 2 is 2.07 bits per heavy atom. The van der Waals surface area contributed by atoms with Gasteiger partial charge in [0.2, 0.25) is 0 Å². The van der Waals surface area contributed by atoms with Crippen LogP contribution in [0.25, 0.3) is 11.0 Å². The number of carbonyl (C=O) groups is 1. The number of benzene rings is 1. The molecule has 1 aliphatic rings. The SMILES string of the molecule is CN1CCN(C)C(=O)COc2cc(ccc2Cl)Nc2ncnc3[nH]cc(c23)C1. The van der Waals surface area contributed by atoms with Gasteiger partial charge in [-0.25, -0.2) is 9.97 Å². The van der Waals surface area contributed by atoms with E-state index in [1.54, 1.807) is 24.1 Å². The first-order chi connectivity index (χ1) is 13.5. The number of anilines is 2. The second kappa shape index (κ2) is 7.65. The van der Waals surface area contributed by atoms with Crippen molar-refractivity contribution in [1.82, 2.24) is 24.8 Å². The van der Waals surface area contributed by atoms with E-state index < -0.39 is 0 Å². The summed E-state index contributed by atoms with van der Waals surface area (Å²) < 4.78 is 5.67. The molecule has 0 fully saturated rings. The number of amides is 1. The number of hydrogen-bond acceptors (Lipinski definition) is 6. The fourth-order valence-corrected chi connectivity index (χ4v) is 3.31. The highest BCUT2D eigenvalue weighted by Crippen LogP contribution is 2.32. The van der Waals surface area contributed by atoms with Gasteiger partial charge in [0.05, 0.1) is 10.4 Å². The predicted octanol–water partition coefficient (Wildman–Crippen LogP) is 2.64. The molecule has 1 aliphatic heterocycles. The summed E-state index contributed by atoms with van der Waals surface area (Å²) in [7, 11) is 3.79. The maximum Gasteiger partial charge on any atom is 0.260 e. The van der Waals surface area contributed by atoms with Crippen molar-refractivity contribution in [3.05, 3.63) is 41.3 Å². The molecule has 3 aromatic rings. The van der Waals surface area contributed by atoms with Gasteiger partial charge in [0.1, 0.15) is 23.5 Å². The highest BCUT2D eigenvalue weighted by molar-refractivity contribution is 6.32. The first-order valence-electron chi connectivity index (χ1n) is 8.94. The summed E-state index contributed by atoms with van der Waals surface area (Å²) in [5.41, 5.74) is 2.61. The molecule has 8 nitrogen and oxygen atoms in total. The minimum atomic E-state index is -0.101. The molecule has 0 atom stereocenters. The summed E-state index contributed by atoms with van der Waals surface area (Å²) >= 11 is 6.24. The Kier molecular flexibility index (Phi) is 5.06. The van der Waals surface area contributed by atoms with Crippen LogP contribution in [0.5, 0.6) is 5.75 Å². The number of carbonyl (C=O) groups excluding carboxylic acids is 1. The summed E-state index contributed by atoms with van der Waals surface area (Å²) in [6, 6.07) is 5.34. The van der Waals surface area contributed by atoms with Gasteiger partial charge in [0, 0.05) is 44.6 Å². The number of H-pyrrole nitrogens is 1. The molecular weight excluding hydrogens is 380 g/mol. The van der Waals surface area contributed by atoms with Crippen molar-refractivity contribution >= 4 is 40.0 Å². The van der Waals surface area contributed by atoms with Gasteiger partial charge in [-0.05, 0) is 24.7 Å². The van der Waals surface area contributed by atoms with E-state index in [0.29, 0.717) is 29.7 Å². The smallest absolute Gasteiger partial charge is 0.260 e. The van der Waals surface area contributed by atoms with Gasteiger partial charge in [-0.1, -0.05) is 11.6 Å². The first-order valence-corrected chi connectivity index (χ1v) is 9.32. The van der Waals surface area contributed by atoms with Crippen molar-refractivity contribution in [3.8, 4) is 5.75 Å². The highest BCUT2D eigenvalue weighted by atomic mass is 35.5. The van der Waals surface area contributed by atoms with Crippen molar-refractivity contribution in [2.24, 2.45) is 0 Å². The van der Waals surface area contributed by atoms with Gasteiger partial charge in [-0.3, -0.25) is 4.79 Å². The van der Waals surface area contributed by atoms with E-state index in [4.69, 9.17) is 16.3 Å². The number of aromatic nitrogens is 3. The van der Waals surface area contributed by atoms with E-state index in [2.05, 4.69) is 25.2 Å². The first kappa shape index (κ1) is 18.5. The molecule has 0 aliphatic carbocycles. The highest BCUT2D eigenvalue weighted by Gasteiger charge is 2.16. The monoisotopic (exact) mass is 400 g/mol. The number of rotatable bonds is 0. The molecule has 0 saturated carbocycles. The van der Waals surface area contributed by atoms with E-state index in [-0.39, 0.29) is 12.5 Å². The van der Waals surface area contributed by atoms with Crippen LogP contribution >= 0.6 is 11.6 Å². The summed E-state index contributed by atoms with van der Waals surface area (Å²) in [4.78, 5) is 28.1. The zero-order valence-electron chi connectivity index (χ0n) is 15.7. The lowest BCUT2D eigenvalue weighted by molar-refractivity contribution is -0.132. The fraction of sp³-hybridized carbons (Fsp3) is 0.316. The van der Waals surface area contributed by atoms with Gasteiger partial charge < -0.3 is 24.8 Å². The Bertz CT molecular complexity index is 1020. The topological polar surface area (TPSA) is 86.4 Å². The average Bonchev–Trinajstić information content (AvgIpc) is 3.09. The average molecular weight is 401 g/mol. The standard InChI is InChI=1S/C19H21ClN6O2/c1-25-5-6-26(2)16(27)10-28-15-7-13(3-4-14(15)20)24-19-17-12(9-25)8-21-18(17)22-11-23-19/h3-4,7-8,11H,5-6,9-10H2,1-2H3,(H2,21,22,23,24). The molecule has 28 heavy (non-hydrogen) atoms. The third kappa shape index (κ3) is 3.74. The Morgan fingerprint density at radius 3 is 2.93 bits per heavy atom. The van der Waals surface area contributed by atoms with Crippen LogP contribution in [0.3, 0.4) is 0 Å². The van der Waals surface area contributed by atoms with Crippen LogP contribution in [0.2, 0.25) is 5.02 Å². The number of ether oxygens (including phenoxy) is 1. The van der Waals surface area contributed by atoms with E-state index in [1.165, 1.54) is 6.33 Å². The number of hydrogen-bond donors (Lipinski definition) is 2. The minimum absolute atomic E-state index is 0.0681. The Morgan fingerprint density at radius 1 is 1.21 bits per heavy atom. The zero-order valence-corrected chi connectivity index (χ0v) is 16.5. The Labute approximate surface area is 167 Å². The second-order valence-electron chi connectivity index (χ2n) is 6.87. The van der Waals surface area contributed by atoms with Crippen molar-refractivity contribution in [1.29, 1.82) is 0 Å². The molecule has 2 bridgehead atoms. The van der Waals surface area contributed by atoms with Gasteiger partial charge in [0.15, 0.2) is 6.61 Å². The molecule has 0 spiro atoms. The maximum absolute atomic E-state index is 12.4. The van der Waals surface area contributed by atoms with Crippen molar-refractivity contribution in [2.45, 2.75) is 6.54 Å². The van der Waals surface area contributed by atoms with Crippen molar-refractivity contribution in [3.63, 3.8) is 0 Å². The number of nitrogens with one attached hydrogen (secondary N) is 2. The molecule has 9 heteroatoms. The summed E-state index contributed by atoms with van der Waals surface area (Å²) in [5, 5.41) is 4.70. The van der Waals surface area contributed by atoms with Gasteiger partial charge in [0.25, 0.3) is 5.91 Å². The van der Waals surface area contributed by atoms with Crippen molar-refractivity contribution < 1.29 is 9.53 Å². The van der Waals surface area contributed by atoms with Gasteiger partial charge in [-0.15, -0.1) is 0 Å². The van der Waals surface area contributed by atoms with Crippen LogP contribution in [0.1, 0.15) is 5.56 Å². The lowest BCUT2D eigenvalue weighted by Crippen LogP contribution is -2.37. The van der Waals surface area contributed by atoms with Crippen LogP contribution in [0.15, 0.2) is 30.7 Å². The molecule has 4 rings (SSSR count). The molecule has 1 aromatic carbocycles. The quantitative estimate of drug-likeness (QED) is 0.603. The van der Waals surface area contributed by atoms with Crippen molar-refractivity contribution in [2.75, 3.05) is 39.1 Å². The fourth-order valence-electron chi connectivity index (χ4n) is 3.14. The molecule has 3 heterocycles. The normalized spacial score (nSPS) is 16.2. The number of nitrogens with zero attached hydrogens (tertiary/aromatic N) is 4. The molecular formula is C19H21ClN6O2. The molecule has 0 radical (unpaired) electrons. The number of fused-ring (bicyclic) bond motifs is 2. The number of likely N-dealkylation sites (N-methyl/N-ethyl adjacent to an activating group) is 2. The lowest BCUT2D eigenvalue weighted by atomic mass is 10.2. The predicted molar refractivity (Wildman–Crippen MR) is 108 cm³/mol. The van der Waals surface area contributed by atoms with E-state index in [0.717, 1.165) is 28.8 Å². The largest absolute Gasteiger partial charge is 0.482 e. The number of aromatic amines is 1. The molecule has 2 aromatic heterocycles. The van der Waals surface area contributed by atoms with Crippen LogP contribution in [-0.2, 0) is 11.3 Å². The Hall–Kier alpha value is -2.84. The van der Waals surface area contributed by atoms with Crippen LogP contribution in [0.4, 0.5) is 11.5 Å². The van der Waals surface area contributed by atoms with E-state index >= 15 is 0 Å². The summed E-state index contributed by atoms with van der Waals surface area (Å²) in [5.74, 6) is 1.04. The van der Waals surface area contributed by atoms with E-state index in [1.807, 2.05) is 19.3 Å². The molecule has 1 amide bonds. The van der Waals surface area contributed by atoms with Crippen LogP contribution in [-0.4, -0.2) is 64.5 Å². The third-order valence-electron chi connectivity index (χ3n) is 4.78. The number of halogens is 1. The zero-order chi connectivity index (χ0) is 19.7. The summed E-state index contributed by atoms with van der Waals surface area (Å²) in [6.07, 6.45) is 3.47. The molecule has 0 saturated heterocycles. The van der Waals surface area contributed by atoms with Crippen LogP contribution in [0, 0.1) is 0 Å². The Balaban J connectivity index is 1.77. The summed E-state index contributed by atoms with van der Waals surface area (Å²) in [6.45, 7) is 1.95. The van der Waals surface area contributed by atoms with E-state index in [9.17, 15) is 4.79 Å². The maximum atomic E-state index is 12.4. The second-order valence-corrected chi connectivity index (χ2v) is 7.28. The molecule has 0 unspecified atom stereocenters. The van der Waals surface area contributed by atoms with Crippen LogP contribution < -0.4 is 10.1 Å². The lowest BCUT2D eigenvalue weighted by Gasteiger charge is -2.22. The molecule has 146 valence electrons. The molecule has 2 N–H and O–H groups in total. The minimum Gasteiger partial charge on any atom is -0.482 e. The third-order valence-corrected chi connectivity index (χ3v) is 5.09.